The minimum Gasteiger partial charge on any atom is -0.313 e. The lowest BCUT2D eigenvalue weighted by atomic mass is 10.1. The average molecular weight is 422 g/mol. The zero-order valence-electron chi connectivity index (χ0n) is 15.9. The number of carbonyl (C=O) groups excluding carboxylic acids is 2. The van der Waals surface area contributed by atoms with E-state index in [0.717, 1.165) is 17.0 Å². The van der Waals surface area contributed by atoms with E-state index in [9.17, 15) is 9.59 Å². The van der Waals surface area contributed by atoms with E-state index < -0.39 is 12.2 Å². The van der Waals surface area contributed by atoms with E-state index in [1.54, 1.807) is 13.1 Å². The molecule has 0 aliphatic carbocycles. The molecule has 3 amide bonds. The molecule has 1 fully saturated rings. The number of aliphatic imine (C=N–C) groups is 1. The van der Waals surface area contributed by atoms with E-state index in [2.05, 4.69) is 0 Å². The summed E-state index contributed by atoms with van der Waals surface area (Å²) in [5, 5.41) is 0.526. The van der Waals surface area contributed by atoms with Crippen LogP contribution >= 0.6 is 23.2 Å². The molecule has 0 bridgehead atoms. The number of benzene rings is 1. The van der Waals surface area contributed by atoms with Gasteiger partial charge < -0.3 is 9.80 Å². The summed E-state index contributed by atoms with van der Waals surface area (Å²) in [6.45, 7) is 4.67. The molecule has 2 unspecified atom stereocenters. The molecular formula is C19H21Cl2N5O2. The number of alkyl halides is 1. The van der Waals surface area contributed by atoms with Crippen molar-refractivity contribution in [2.75, 3.05) is 19.5 Å². The van der Waals surface area contributed by atoms with E-state index in [-0.39, 0.29) is 18.5 Å². The maximum absolute atomic E-state index is 13.4. The van der Waals surface area contributed by atoms with Crippen LogP contribution in [-0.2, 0) is 11.3 Å². The minimum absolute atomic E-state index is 0.126. The summed E-state index contributed by atoms with van der Waals surface area (Å²) in [5.41, 5.74) is 2.69. The second kappa shape index (κ2) is 6.97. The highest BCUT2D eigenvalue weighted by Crippen LogP contribution is 2.38. The first-order valence-electron chi connectivity index (χ1n) is 9.06. The van der Waals surface area contributed by atoms with Crippen molar-refractivity contribution in [3.05, 3.63) is 46.2 Å². The van der Waals surface area contributed by atoms with Crippen molar-refractivity contribution in [1.82, 2.24) is 19.6 Å². The fourth-order valence-corrected chi connectivity index (χ4v) is 4.34. The van der Waals surface area contributed by atoms with Crippen LogP contribution < -0.4 is 0 Å². The predicted molar refractivity (Wildman–Crippen MR) is 108 cm³/mol. The van der Waals surface area contributed by atoms with Crippen LogP contribution in [0.5, 0.6) is 0 Å². The number of carbonyl (C=O) groups is 2. The normalized spacial score (nSPS) is 24.2. The smallest absolute Gasteiger partial charge is 0.313 e. The lowest BCUT2D eigenvalue weighted by Gasteiger charge is -2.40. The van der Waals surface area contributed by atoms with Crippen molar-refractivity contribution >= 4 is 41.1 Å². The Bertz CT molecular complexity index is 915. The molecule has 0 saturated carbocycles. The molecule has 0 aromatic heterocycles. The highest BCUT2D eigenvalue weighted by molar-refractivity contribution is 6.31. The van der Waals surface area contributed by atoms with Gasteiger partial charge in [0.1, 0.15) is 0 Å². The molecule has 0 radical (unpaired) electrons. The highest BCUT2D eigenvalue weighted by Gasteiger charge is 2.55. The molecular weight excluding hydrogens is 401 g/mol. The number of nitrogens with zero attached hydrogens (tertiary/aromatic N) is 5. The number of imide groups is 1. The summed E-state index contributed by atoms with van der Waals surface area (Å²) >= 11 is 12.2. The molecule has 2 atom stereocenters. The number of halogens is 2. The minimum atomic E-state index is -0.588. The number of amides is 3. The lowest BCUT2D eigenvalue weighted by molar-refractivity contribution is -0.137. The third-order valence-corrected chi connectivity index (χ3v) is 6.14. The van der Waals surface area contributed by atoms with Crippen LogP contribution in [0.3, 0.4) is 0 Å². The molecule has 148 valence electrons. The molecule has 0 spiro atoms. The van der Waals surface area contributed by atoms with E-state index in [1.807, 2.05) is 41.8 Å². The summed E-state index contributed by atoms with van der Waals surface area (Å²) in [4.78, 5) is 37.7. The number of urea groups is 1. The van der Waals surface area contributed by atoms with E-state index in [0.29, 0.717) is 23.4 Å². The van der Waals surface area contributed by atoms with E-state index >= 15 is 0 Å². The second-order valence-electron chi connectivity index (χ2n) is 7.08. The molecule has 7 nitrogen and oxygen atoms in total. The summed E-state index contributed by atoms with van der Waals surface area (Å²) < 4.78 is 0. The van der Waals surface area contributed by atoms with Gasteiger partial charge in [0.2, 0.25) is 5.96 Å². The Morgan fingerprint density at radius 2 is 1.82 bits per heavy atom. The zero-order valence-corrected chi connectivity index (χ0v) is 17.4. The molecule has 1 aromatic carbocycles. The van der Waals surface area contributed by atoms with Gasteiger partial charge in [0, 0.05) is 35.9 Å². The Morgan fingerprint density at radius 1 is 1.11 bits per heavy atom. The van der Waals surface area contributed by atoms with E-state index in [1.165, 1.54) is 9.80 Å². The van der Waals surface area contributed by atoms with Crippen LogP contribution in [0.1, 0.15) is 19.4 Å². The standard InChI is InChI=1S/C19H21Cl2N5O2/c1-11-12(2)26-15-16(22-18(26)24(11)9-8-20)23(3)19(28)25(17(15)27)10-13-6-4-5-7-14(13)21/h4-7,15-16H,8-10H2,1-3H3. The maximum atomic E-state index is 13.4. The van der Waals surface area contributed by atoms with Gasteiger partial charge in [-0.3, -0.25) is 14.6 Å². The van der Waals surface area contributed by atoms with Gasteiger partial charge in [0.05, 0.1) is 6.54 Å². The topological polar surface area (TPSA) is 59.5 Å². The number of hydrogen-bond donors (Lipinski definition) is 0. The van der Waals surface area contributed by atoms with Crippen molar-refractivity contribution < 1.29 is 9.59 Å². The second-order valence-corrected chi connectivity index (χ2v) is 7.86. The molecule has 3 aliphatic rings. The molecule has 3 aliphatic heterocycles. The van der Waals surface area contributed by atoms with Crippen molar-refractivity contribution in [3.63, 3.8) is 0 Å². The molecule has 0 N–H and O–H groups in total. The third kappa shape index (κ3) is 2.68. The number of fused-ring (bicyclic) bond motifs is 3. The number of hydrogen-bond acceptors (Lipinski definition) is 5. The summed E-state index contributed by atoms with van der Waals surface area (Å²) in [6.07, 6.45) is -0.557. The first-order valence-corrected chi connectivity index (χ1v) is 9.97. The Kier molecular flexibility index (Phi) is 4.75. The van der Waals surface area contributed by atoms with Crippen LogP contribution in [0, 0.1) is 0 Å². The maximum Gasteiger partial charge on any atom is 0.328 e. The highest BCUT2D eigenvalue weighted by atomic mass is 35.5. The SMILES string of the molecule is CC1=C(C)N2C(=NC3C2C(=O)N(Cc2ccccc2Cl)C(=O)N3C)N1CCCl. The number of allylic oxidation sites excluding steroid dienone is 2. The largest absolute Gasteiger partial charge is 0.328 e. The quantitative estimate of drug-likeness (QED) is 0.701. The number of guanidine groups is 1. The Balaban J connectivity index is 1.69. The van der Waals surface area contributed by atoms with E-state index in [4.69, 9.17) is 28.2 Å². The van der Waals surface area contributed by atoms with Gasteiger partial charge >= 0.3 is 6.03 Å². The Morgan fingerprint density at radius 3 is 2.50 bits per heavy atom. The van der Waals surface area contributed by atoms with Crippen molar-refractivity contribution in [2.45, 2.75) is 32.6 Å². The van der Waals surface area contributed by atoms with Gasteiger partial charge in [0.15, 0.2) is 12.2 Å². The fourth-order valence-electron chi connectivity index (χ4n) is 3.98. The zero-order chi connectivity index (χ0) is 20.2. The van der Waals surface area contributed by atoms with Crippen LogP contribution in [0.4, 0.5) is 4.79 Å². The lowest BCUT2D eigenvalue weighted by Crippen LogP contribution is -2.64. The van der Waals surface area contributed by atoms with Crippen molar-refractivity contribution in [1.29, 1.82) is 0 Å². The average Bonchev–Trinajstić information content (AvgIpc) is 3.17. The van der Waals surface area contributed by atoms with Gasteiger partial charge in [-0.2, -0.15) is 0 Å². The van der Waals surface area contributed by atoms with Gasteiger partial charge in [-0.15, -0.1) is 11.6 Å². The Labute approximate surface area is 173 Å². The Hall–Kier alpha value is -2.25. The van der Waals surface area contributed by atoms with Crippen molar-refractivity contribution in [3.8, 4) is 0 Å². The summed E-state index contributed by atoms with van der Waals surface area (Å²) in [5.74, 6) is 0.846. The summed E-state index contributed by atoms with van der Waals surface area (Å²) in [7, 11) is 1.68. The monoisotopic (exact) mass is 421 g/mol. The number of rotatable bonds is 4. The van der Waals surface area contributed by atoms with Crippen LogP contribution in [0.15, 0.2) is 40.7 Å². The van der Waals surface area contributed by atoms with Crippen LogP contribution in [0.25, 0.3) is 0 Å². The number of likely N-dealkylation sites (N-methyl/N-ethyl adjacent to an activating group) is 1. The van der Waals surface area contributed by atoms with Gasteiger partial charge in [0.25, 0.3) is 5.91 Å². The first-order chi connectivity index (χ1) is 13.4. The third-order valence-electron chi connectivity index (χ3n) is 5.60. The summed E-state index contributed by atoms with van der Waals surface area (Å²) in [6, 6.07) is 6.26. The molecule has 9 heteroatoms. The molecule has 4 rings (SSSR count). The van der Waals surface area contributed by atoms with Crippen molar-refractivity contribution in [2.24, 2.45) is 4.99 Å². The molecule has 1 aromatic rings. The van der Waals surface area contributed by atoms with Crippen LogP contribution in [-0.4, -0.2) is 69.2 Å². The predicted octanol–water partition coefficient (Wildman–Crippen LogP) is 2.91. The van der Waals surface area contributed by atoms with Crippen LogP contribution in [0.2, 0.25) is 5.02 Å². The molecule has 28 heavy (non-hydrogen) atoms. The molecule has 3 heterocycles. The fraction of sp³-hybridized carbons (Fsp3) is 0.421. The van der Waals surface area contributed by atoms with Gasteiger partial charge in [-0.05, 0) is 25.5 Å². The van der Waals surface area contributed by atoms with Gasteiger partial charge in [-0.1, -0.05) is 29.8 Å². The van der Waals surface area contributed by atoms with Gasteiger partial charge in [-0.25, -0.2) is 9.79 Å². The molecule has 1 saturated heterocycles. The first kappa shape index (κ1) is 19.1.